The maximum absolute atomic E-state index is 13.6. The monoisotopic (exact) mass is 543 g/mol. The highest BCUT2D eigenvalue weighted by molar-refractivity contribution is 6.07. The third-order valence-corrected chi connectivity index (χ3v) is 6.31. The molecule has 1 amide bonds. The van der Waals surface area contributed by atoms with E-state index < -0.39 is 5.97 Å². The summed E-state index contributed by atoms with van der Waals surface area (Å²) in [5.74, 6) is 0.517. The fraction of sp³-hybridized carbons (Fsp3) is 0.276. The molecule has 2 aromatic carbocycles. The first-order chi connectivity index (χ1) is 19.3. The van der Waals surface area contributed by atoms with Gasteiger partial charge < -0.3 is 25.1 Å². The van der Waals surface area contributed by atoms with Gasteiger partial charge in [-0.25, -0.2) is 9.97 Å². The molecule has 0 saturated carbocycles. The number of rotatable bonds is 12. The van der Waals surface area contributed by atoms with Crippen LogP contribution in [0.4, 0.5) is 11.5 Å². The van der Waals surface area contributed by atoms with E-state index in [1.54, 1.807) is 62.7 Å². The van der Waals surface area contributed by atoms with Gasteiger partial charge in [0, 0.05) is 43.7 Å². The Morgan fingerprint density at radius 2 is 1.88 bits per heavy atom. The Kier molecular flexibility index (Phi) is 9.07. The molecule has 208 valence electrons. The van der Waals surface area contributed by atoms with E-state index >= 15 is 0 Å². The molecular weight excluding hydrogens is 510 g/mol. The summed E-state index contributed by atoms with van der Waals surface area (Å²) in [6, 6.07) is 17.9. The van der Waals surface area contributed by atoms with Crippen molar-refractivity contribution in [2.45, 2.75) is 26.0 Å². The van der Waals surface area contributed by atoms with Crippen LogP contribution >= 0.6 is 0 Å². The number of carbonyl (C=O) groups excluding carboxylic acids is 2. The van der Waals surface area contributed by atoms with E-state index in [1.807, 2.05) is 29.8 Å². The molecule has 0 saturated heterocycles. The smallest absolute Gasteiger partial charge is 0.307 e. The van der Waals surface area contributed by atoms with Gasteiger partial charge in [-0.2, -0.15) is 0 Å². The summed E-state index contributed by atoms with van der Waals surface area (Å²) in [7, 11) is 3.46. The zero-order valence-corrected chi connectivity index (χ0v) is 22.8. The maximum atomic E-state index is 13.6. The van der Waals surface area contributed by atoms with Crippen LogP contribution in [-0.2, 0) is 27.9 Å². The number of methoxy groups -OCH3 is 1. The minimum absolute atomic E-state index is 0.00537. The van der Waals surface area contributed by atoms with E-state index in [0.717, 1.165) is 17.0 Å². The molecule has 0 unspecified atom stereocenters. The molecule has 0 bridgehead atoms. The average molecular weight is 544 g/mol. The Morgan fingerprint density at radius 1 is 1.12 bits per heavy atom. The normalized spacial score (nSPS) is 11.7. The average Bonchev–Trinajstić information content (AvgIpc) is 3.27. The summed E-state index contributed by atoms with van der Waals surface area (Å²) in [5, 5.41) is 10.8. The third kappa shape index (κ3) is 6.80. The van der Waals surface area contributed by atoms with Crippen LogP contribution in [0.25, 0.3) is 11.0 Å². The number of aromatic nitrogens is 3. The van der Waals surface area contributed by atoms with Crippen molar-refractivity contribution in [3.05, 3.63) is 83.8 Å². The number of anilines is 2. The predicted octanol–water partition coefficient (Wildman–Crippen LogP) is 3.48. The molecule has 40 heavy (non-hydrogen) atoms. The number of nitrogen functional groups attached to an aromatic ring is 1. The minimum Gasteiger partial charge on any atom is -0.460 e. The van der Waals surface area contributed by atoms with Crippen LogP contribution in [0.3, 0.4) is 0 Å². The number of esters is 1. The fourth-order valence-electron chi connectivity index (χ4n) is 4.23. The van der Waals surface area contributed by atoms with Crippen LogP contribution in [0.15, 0.2) is 66.9 Å². The van der Waals surface area contributed by atoms with Gasteiger partial charge in [-0.1, -0.05) is 6.07 Å². The molecule has 0 aliphatic rings. The van der Waals surface area contributed by atoms with Crippen LogP contribution in [-0.4, -0.2) is 58.6 Å². The Hall–Kier alpha value is -4.77. The summed E-state index contributed by atoms with van der Waals surface area (Å²) in [4.78, 5) is 36.6. The standard InChI is InChI=1S/C29H33N7O4/c1-19(18-39-3)40-27(37)13-15-36(25-6-4-5-14-32-25)29(38)21-9-12-24-23(16-21)34-26(35(24)2)17-33-22-10-7-20(8-11-22)28(30)31/h4-12,14,16,19,33H,13,15,17-18H2,1-3H3,(H3,30,31)/t19-/m0/s1. The van der Waals surface area contributed by atoms with Gasteiger partial charge in [-0.05, 0) is 61.5 Å². The fourth-order valence-corrected chi connectivity index (χ4v) is 4.23. The number of amidine groups is 1. The van der Waals surface area contributed by atoms with Crippen LogP contribution in [0, 0.1) is 5.41 Å². The SMILES string of the molecule is COC[C@H](C)OC(=O)CCN(C(=O)c1ccc2c(c1)nc(CNc1ccc(C(=N)N)cc1)n2C)c1ccccn1. The highest BCUT2D eigenvalue weighted by atomic mass is 16.6. The summed E-state index contributed by atoms with van der Waals surface area (Å²) < 4.78 is 12.3. The first-order valence-electron chi connectivity index (χ1n) is 12.8. The zero-order chi connectivity index (χ0) is 28.6. The first kappa shape index (κ1) is 28.2. The molecule has 4 rings (SSSR count). The number of carbonyl (C=O) groups is 2. The Bertz CT molecular complexity index is 1490. The molecule has 1 atom stereocenters. The van der Waals surface area contributed by atoms with Gasteiger partial charge in [-0.15, -0.1) is 0 Å². The van der Waals surface area contributed by atoms with Crippen LogP contribution in [0.1, 0.15) is 35.1 Å². The van der Waals surface area contributed by atoms with Crippen molar-refractivity contribution in [1.82, 2.24) is 14.5 Å². The lowest BCUT2D eigenvalue weighted by Gasteiger charge is -2.22. The highest BCUT2D eigenvalue weighted by Gasteiger charge is 2.22. The summed E-state index contributed by atoms with van der Waals surface area (Å²) >= 11 is 0. The van der Waals surface area contributed by atoms with Gasteiger partial charge in [0.05, 0.1) is 30.6 Å². The zero-order valence-electron chi connectivity index (χ0n) is 22.8. The number of pyridine rings is 1. The summed E-state index contributed by atoms with van der Waals surface area (Å²) in [5.41, 5.74) is 9.03. The second-order valence-electron chi connectivity index (χ2n) is 9.29. The van der Waals surface area contributed by atoms with E-state index in [2.05, 4.69) is 10.3 Å². The van der Waals surface area contributed by atoms with E-state index in [-0.39, 0.29) is 30.8 Å². The van der Waals surface area contributed by atoms with E-state index in [1.165, 1.54) is 4.90 Å². The number of ether oxygens (including phenoxy) is 2. The number of nitrogens with two attached hydrogens (primary N) is 1. The molecule has 0 aliphatic heterocycles. The number of hydrogen-bond acceptors (Lipinski definition) is 8. The van der Waals surface area contributed by atoms with Crippen molar-refractivity contribution in [3.63, 3.8) is 0 Å². The van der Waals surface area contributed by atoms with Gasteiger partial charge >= 0.3 is 5.97 Å². The number of nitrogens with one attached hydrogen (secondary N) is 2. The van der Waals surface area contributed by atoms with Crippen molar-refractivity contribution >= 4 is 40.3 Å². The van der Waals surface area contributed by atoms with Crippen LogP contribution < -0.4 is 16.0 Å². The van der Waals surface area contributed by atoms with Crippen molar-refractivity contribution < 1.29 is 19.1 Å². The molecule has 11 heteroatoms. The lowest BCUT2D eigenvalue weighted by molar-refractivity contribution is -0.150. The largest absolute Gasteiger partial charge is 0.460 e. The summed E-state index contributed by atoms with van der Waals surface area (Å²) in [6.07, 6.45) is 1.22. The van der Waals surface area contributed by atoms with Gasteiger partial charge in [0.1, 0.15) is 23.6 Å². The Morgan fingerprint density at radius 3 is 2.55 bits per heavy atom. The second-order valence-corrected chi connectivity index (χ2v) is 9.29. The highest BCUT2D eigenvalue weighted by Crippen LogP contribution is 2.21. The molecule has 2 aromatic heterocycles. The van der Waals surface area contributed by atoms with Gasteiger partial charge in [-0.3, -0.25) is 19.9 Å². The molecule has 0 fully saturated rings. The predicted molar refractivity (Wildman–Crippen MR) is 153 cm³/mol. The first-order valence-corrected chi connectivity index (χ1v) is 12.8. The lowest BCUT2D eigenvalue weighted by Crippen LogP contribution is -2.34. The molecule has 11 nitrogen and oxygen atoms in total. The molecule has 0 spiro atoms. The number of hydrogen-bond donors (Lipinski definition) is 3. The summed E-state index contributed by atoms with van der Waals surface area (Å²) in [6.45, 7) is 2.60. The Balaban J connectivity index is 1.51. The van der Waals surface area contributed by atoms with Gasteiger partial charge in [0.2, 0.25) is 0 Å². The lowest BCUT2D eigenvalue weighted by atomic mass is 10.1. The topological polar surface area (TPSA) is 148 Å². The number of amides is 1. The molecule has 4 N–H and O–H groups in total. The molecular formula is C29H33N7O4. The molecule has 2 heterocycles. The number of benzene rings is 2. The van der Waals surface area contributed by atoms with Crippen molar-refractivity contribution in [2.24, 2.45) is 12.8 Å². The number of imidazole rings is 1. The quantitative estimate of drug-likeness (QED) is 0.140. The van der Waals surface area contributed by atoms with E-state index in [0.29, 0.717) is 35.6 Å². The van der Waals surface area contributed by atoms with Crippen molar-refractivity contribution in [1.29, 1.82) is 5.41 Å². The van der Waals surface area contributed by atoms with Crippen LogP contribution in [0.2, 0.25) is 0 Å². The molecule has 0 radical (unpaired) electrons. The minimum atomic E-state index is -0.425. The second kappa shape index (κ2) is 12.9. The van der Waals surface area contributed by atoms with E-state index in [4.69, 9.17) is 25.6 Å². The van der Waals surface area contributed by atoms with Gasteiger partial charge in [0.25, 0.3) is 5.91 Å². The van der Waals surface area contributed by atoms with Crippen LogP contribution in [0.5, 0.6) is 0 Å². The van der Waals surface area contributed by atoms with Crippen molar-refractivity contribution in [2.75, 3.05) is 30.5 Å². The van der Waals surface area contributed by atoms with Crippen molar-refractivity contribution in [3.8, 4) is 0 Å². The van der Waals surface area contributed by atoms with E-state index in [9.17, 15) is 9.59 Å². The molecule has 0 aliphatic carbocycles. The number of fused-ring (bicyclic) bond motifs is 1. The number of nitrogens with zero attached hydrogens (tertiary/aromatic N) is 4. The maximum Gasteiger partial charge on any atom is 0.307 e. The third-order valence-electron chi connectivity index (χ3n) is 6.31. The van der Waals surface area contributed by atoms with Gasteiger partial charge in [0.15, 0.2) is 0 Å². The Labute approximate surface area is 232 Å². The number of aryl methyl sites for hydroxylation is 1. The molecule has 4 aromatic rings.